The molecule has 0 heterocycles. The number of para-hydroxylation sites is 1. The van der Waals surface area contributed by atoms with Crippen molar-refractivity contribution in [3.8, 4) is 0 Å². The normalized spacial score (nSPS) is 10.2. The van der Waals surface area contributed by atoms with E-state index in [0.29, 0.717) is 5.69 Å². The Labute approximate surface area is 125 Å². The molecule has 0 bridgehead atoms. The van der Waals surface area contributed by atoms with Gasteiger partial charge in [-0.05, 0) is 30.3 Å². The molecule has 0 radical (unpaired) electrons. The molecule has 0 fully saturated rings. The number of carboxylic acids is 1. The van der Waals surface area contributed by atoms with E-state index in [1.54, 1.807) is 30.3 Å². The van der Waals surface area contributed by atoms with Crippen LogP contribution in [0, 0.1) is 5.82 Å². The summed E-state index contributed by atoms with van der Waals surface area (Å²) in [5.74, 6) is -2.51. The molecule has 0 aliphatic rings. The molecule has 0 saturated carbocycles. The zero-order chi connectivity index (χ0) is 15.4. The summed E-state index contributed by atoms with van der Waals surface area (Å²) in [7, 11) is 0. The van der Waals surface area contributed by atoms with Gasteiger partial charge in [-0.1, -0.05) is 29.8 Å². The van der Waals surface area contributed by atoms with Crippen LogP contribution in [0.1, 0.15) is 10.4 Å². The molecule has 108 valence electrons. The lowest BCUT2D eigenvalue weighted by Gasteiger charge is -2.21. The van der Waals surface area contributed by atoms with Gasteiger partial charge in [0.25, 0.3) is 5.91 Å². The molecule has 21 heavy (non-hydrogen) atoms. The number of carbonyl (C=O) groups is 2. The summed E-state index contributed by atoms with van der Waals surface area (Å²) in [4.78, 5) is 24.4. The van der Waals surface area contributed by atoms with E-state index in [1.807, 2.05) is 0 Å². The molecule has 2 rings (SSSR count). The lowest BCUT2D eigenvalue weighted by molar-refractivity contribution is -0.135. The van der Waals surface area contributed by atoms with Crippen molar-refractivity contribution in [1.29, 1.82) is 0 Å². The predicted molar refractivity (Wildman–Crippen MR) is 77.2 cm³/mol. The minimum Gasteiger partial charge on any atom is -0.480 e. The standard InChI is InChI=1S/C15H11ClFNO3/c16-12-7-6-10(8-13(12)17)15(21)18(9-14(19)20)11-4-2-1-3-5-11/h1-8H,9H2,(H,19,20). The maximum Gasteiger partial charge on any atom is 0.323 e. The maximum atomic E-state index is 13.4. The SMILES string of the molecule is O=C(O)CN(C(=O)c1ccc(Cl)c(F)c1)c1ccccc1. The minimum absolute atomic E-state index is 0.0296. The van der Waals surface area contributed by atoms with E-state index in [-0.39, 0.29) is 10.6 Å². The number of nitrogens with zero attached hydrogens (tertiary/aromatic N) is 1. The molecular weight excluding hydrogens is 297 g/mol. The van der Waals surface area contributed by atoms with Gasteiger partial charge in [0.15, 0.2) is 0 Å². The number of halogens is 2. The van der Waals surface area contributed by atoms with Crippen molar-refractivity contribution in [2.45, 2.75) is 0 Å². The van der Waals surface area contributed by atoms with Crippen LogP contribution in [-0.4, -0.2) is 23.5 Å². The highest BCUT2D eigenvalue weighted by Gasteiger charge is 2.21. The van der Waals surface area contributed by atoms with Crippen LogP contribution in [0.15, 0.2) is 48.5 Å². The summed E-state index contributed by atoms with van der Waals surface area (Å²) in [6.45, 7) is -0.521. The average molecular weight is 308 g/mol. The Bertz CT molecular complexity index is 676. The molecule has 0 aliphatic carbocycles. The fourth-order valence-corrected chi connectivity index (χ4v) is 1.93. The van der Waals surface area contributed by atoms with Gasteiger partial charge in [0.05, 0.1) is 5.02 Å². The van der Waals surface area contributed by atoms with Crippen LogP contribution in [0.25, 0.3) is 0 Å². The van der Waals surface area contributed by atoms with E-state index in [0.717, 1.165) is 11.0 Å². The third-order valence-electron chi connectivity index (χ3n) is 2.77. The number of carboxylic acid groups (broad SMARTS) is 1. The van der Waals surface area contributed by atoms with Crippen molar-refractivity contribution in [1.82, 2.24) is 0 Å². The molecule has 2 aromatic rings. The number of anilines is 1. The summed E-state index contributed by atoms with van der Waals surface area (Å²) in [5, 5.41) is 8.85. The molecule has 6 heteroatoms. The Morgan fingerprint density at radius 3 is 2.38 bits per heavy atom. The minimum atomic E-state index is -1.17. The number of aliphatic carboxylic acids is 1. The number of hydrogen-bond acceptors (Lipinski definition) is 2. The van der Waals surface area contributed by atoms with Gasteiger partial charge in [0.1, 0.15) is 12.4 Å². The van der Waals surface area contributed by atoms with Crippen molar-refractivity contribution in [3.05, 3.63) is 64.9 Å². The number of hydrogen-bond donors (Lipinski definition) is 1. The van der Waals surface area contributed by atoms with Crippen molar-refractivity contribution in [2.24, 2.45) is 0 Å². The Kier molecular flexibility index (Phi) is 4.55. The van der Waals surface area contributed by atoms with Gasteiger partial charge in [-0.3, -0.25) is 14.5 Å². The van der Waals surface area contributed by atoms with Gasteiger partial charge < -0.3 is 5.11 Å². The van der Waals surface area contributed by atoms with Crippen LogP contribution in [0.3, 0.4) is 0 Å². The highest BCUT2D eigenvalue weighted by molar-refractivity contribution is 6.30. The highest BCUT2D eigenvalue weighted by Crippen LogP contribution is 2.20. The Morgan fingerprint density at radius 1 is 1.14 bits per heavy atom. The third kappa shape index (κ3) is 3.58. The summed E-state index contributed by atoms with van der Waals surface area (Å²) in [6.07, 6.45) is 0. The van der Waals surface area contributed by atoms with Crippen LogP contribution >= 0.6 is 11.6 Å². The largest absolute Gasteiger partial charge is 0.480 e. The second-order valence-corrected chi connectivity index (χ2v) is 4.66. The van der Waals surface area contributed by atoms with E-state index in [2.05, 4.69) is 0 Å². The molecule has 0 aliphatic heterocycles. The number of amides is 1. The lowest BCUT2D eigenvalue weighted by Crippen LogP contribution is -2.35. The van der Waals surface area contributed by atoms with Gasteiger partial charge in [-0.2, -0.15) is 0 Å². The Morgan fingerprint density at radius 2 is 1.81 bits per heavy atom. The van der Waals surface area contributed by atoms with E-state index in [1.165, 1.54) is 12.1 Å². The van der Waals surface area contributed by atoms with Crippen LogP contribution in [0.5, 0.6) is 0 Å². The molecule has 0 spiro atoms. The van der Waals surface area contributed by atoms with Gasteiger partial charge >= 0.3 is 5.97 Å². The number of rotatable bonds is 4. The Balaban J connectivity index is 2.38. The molecule has 0 aromatic heterocycles. The van der Waals surface area contributed by atoms with Crippen LogP contribution in [0.4, 0.5) is 10.1 Å². The quantitative estimate of drug-likeness (QED) is 0.943. The fraction of sp³-hybridized carbons (Fsp3) is 0.0667. The second-order valence-electron chi connectivity index (χ2n) is 4.25. The first-order chi connectivity index (χ1) is 9.99. The molecule has 0 atom stereocenters. The lowest BCUT2D eigenvalue weighted by atomic mass is 10.1. The first-order valence-electron chi connectivity index (χ1n) is 6.03. The zero-order valence-corrected chi connectivity index (χ0v) is 11.5. The highest BCUT2D eigenvalue weighted by atomic mass is 35.5. The summed E-state index contributed by atoms with van der Waals surface area (Å²) in [6, 6.07) is 11.9. The van der Waals surface area contributed by atoms with Gasteiger partial charge in [-0.15, -0.1) is 0 Å². The summed E-state index contributed by atoms with van der Waals surface area (Å²) >= 11 is 5.57. The molecule has 4 nitrogen and oxygen atoms in total. The third-order valence-corrected chi connectivity index (χ3v) is 3.08. The van der Waals surface area contributed by atoms with E-state index in [4.69, 9.17) is 16.7 Å². The topological polar surface area (TPSA) is 57.6 Å². The maximum absolute atomic E-state index is 13.4. The Hall–Kier alpha value is -2.40. The van der Waals surface area contributed by atoms with Crippen molar-refractivity contribution < 1.29 is 19.1 Å². The summed E-state index contributed by atoms with van der Waals surface area (Å²) in [5.41, 5.74) is 0.447. The van der Waals surface area contributed by atoms with Gasteiger partial charge in [-0.25, -0.2) is 4.39 Å². The van der Waals surface area contributed by atoms with E-state index >= 15 is 0 Å². The summed E-state index contributed by atoms with van der Waals surface area (Å²) < 4.78 is 13.4. The smallest absolute Gasteiger partial charge is 0.323 e. The first kappa shape index (κ1) is 15.0. The van der Waals surface area contributed by atoms with Crippen LogP contribution in [0.2, 0.25) is 5.02 Å². The fourth-order valence-electron chi connectivity index (χ4n) is 1.81. The molecule has 2 aromatic carbocycles. The van der Waals surface area contributed by atoms with Crippen molar-refractivity contribution in [3.63, 3.8) is 0 Å². The van der Waals surface area contributed by atoms with Crippen LogP contribution in [-0.2, 0) is 4.79 Å². The molecule has 1 amide bonds. The molecule has 0 saturated heterocycles. The average Bonchev–Trinajstić information content (AvgIpc) is 2.47. The van der Waals surface area contributed by atoms with Gasteiger partial charge in [0, 0.05) is 11.3 Å². The van der Waals surface area contributed by atoms with E-state index < -0.39 is 24.2 Å². The number of benzene rings is 2. The monoisotopic (exact) mass is 307 g/mol. The van der Waals surface area contributed by atoms with Crippen LogP contribution < -0.4 is 4.90 Å². The predicted octanol–water partition coefficient (Wildman–Crippen LogP) is 3.21. The molecular formula is C15H11ClFNO3. The second kappa shape index (κ2) is 6.37. The van der Waals surface area contributed by atoms with Crippen molar-refractivity contribution >= 4 is 29.2 Å². The molecule has 0 unspecified atom stereocenters. The van der Waals surface area contributed by atoms with Gasteiger partial charge in [0.2, 0.25) is 0 Å². The van der Waals surface area contributed by atoms with Crippen molar-refractivity contribution in [2.75, 3.05) is 11.4 Å². The molecule has 1 N–H and O–H groups in total. The number of carbonyl (C=O) groups excluding carboxylic acids is 1. The zero-order valence-electron chi connectivity index (χ0n) is 10.8. The first-order valence-corrected chi connectivity index (χ1v) is 6.40. The van der Waals surface area contributed by atoms with E-state index in [9.17, 15) is 14.0 Å².